The molecule has 1 atom stereocenters. The molecule has 0 saturated heterocycles. The smallest absolute Gasteiger partial charge is 0.0441 e. The lowest BCUT2D eigenvalue weighted by atomic mass is 10.1. The quantitative estimate of drug-likeness (QED) is 0.877. The van der Waals surface area contributed by atoms with E-state index < -0.39 is 0 Å². The first-order valence-corrected chi connectivity index (χ1v) is 6.26. The first-order chi connectivity index (χ1) is 6.22. The van der Waals surface area contributed by atoms with Crippen molar-refractivity contribution in [3.8, 4) is 0 Å². The highest BCUT2D eigenvalue weighted by atomic mass is 79.9. The zero-order valence-electron chi connectivity index (χ0n) is 7.93. The van der Waals surface area contributed by atoms with E-state index in [2.05, 4.69) is 41.3 Å². The number of aryl methyl sites for hydroxylation is 1. The Kier molecular flexibility index (Phi) is 2.77. The SMILES string of the molecule is CNC(c1cc(Br)c(C)s1)C1CC1. The van der Waals surface area contributed by atoms with Gasteiger partial charge in [0.2, 0.25) is 0 Å². The highest BCUT2D eigenvalue weighted by Crippen LogP contribution is 2.44. The van der Waals surface area contributed by atoms with E-state index in [-0.39, 0.29) is 0 Å². The van der Waals surface area contributed by atoms with Crippen LogP contribution < -0.4 is 5.32 Å². The molecule has 1 N–H and O–H groups in total. The Bertz CT molecular complexity index is 284. The van der Waals surface area contributed by atoms with Gasteiger partial charge in [0.05, 0.1) is 0 Å². The van der Waals surface area contributed by atoms with E-state index in [1.165, 1.54) is 27.1 Å². The fourth-order valence-electron chi connectivity index (χ4n) is 1.67. The topological polar surface area (TPSA) is 12.0 Å². The van der Waals surface area contributed by atoms with E-state index >= 15 is 0 Å². The van der Waals surface area contributed by atoms with Gasteiger partial charge < -0.3 is 5.32 Å². The van der Waals surface area contributed by atoms with Crippen molar-refractivity contribution >= 4 is 27.3 Å². The van der Waals surface area contributed by atoms with Crippen molar-refractivity contribution in [1.82, 2.24) is 5.32 Å². The van der Waals surface area contributed by atoms with Crippen molar-refractivity contribution in [2.45, 2.75) is 25.8 Å². The van der Waals surface area contributed by atoms with E-state index in [9.17, 15) is 0 Å². The van der Waals surface area contributed by atoms with Crippen molar-refractivity contribution in [3.05, 3.63) is 20.3 Å². The molecule has 1 saturated carbocycles. The normalized spacial score (nSPS) is 19.0. The molecule has 1 unspecified atom stereocenters. The van der Waals surface area contributed by atoms with Crippen LogP contribution in [0.1, 0.15) is 28.6 Å². The first kappa shape index (κ1) is 9.69. The van der Waals surface area contributed by atoms with Crippen molar-refractivity contribution in [3.63, 3.8) is 0 Å². The Hall–Kier alpha value is 0.140. The van der Waals surface area contributed by atoms with Gasteiger partial charge in [0.1, 0.15) is 0 Å². The standard InChI is InChI=1S/C10H14BrNS/c1-6-8(11)5-9(13-6)10(12-2)7-3-4-7/h5,7,10,12H,3-4H2,1-2H3. The van der Waals surface area contributed by atoms with Crippen molar-refractivity contribution in [2.75, 3.05) is 7.05 Å². The number of rotatable bonds is 3. The van der Waals surface area contributed by atoms with Crippen LogP contribution in [0.3, 0.4) is 0 Å². The highest BCUT2D eigenvalue weighted by Gasteiger charge is 2.32. The molecule has 2 rings (SSSR count). The van der Waals surface area contributed by atoms with Gasteiger partial charge in [-0.2, -0.15) is 0 Å². The Labute approximate surface area is 91.7 Å². The highest BCUT2D eigenvalue weighted by molar-refractivity contribution is 9.10. The summed E-state index contributed by atoms with van der Waals surface area (Å²) in [6.07, 6.45) is 2.78. The summed E-state index contributed by atoms with van der Waals surface area (Å²) in [7, 11) is 2.06. The monoisotopic (exact) mass is 259 g/mol. The van der Waals surface area contributed by atoms with Crippen LogP contribution in [-0.2, 0) is 0 Å². The predicted octanol–water partition coefficient (Wildman–Crippen LogP) is 3.49. The van der Waals surface area contributed by atoms with Crippen LogP contribution in [0.15, 0.2) is 10.5 Å². The molecule has 3 heteroatoms. The second-order valence-electron chi connectivity index (χ2n) is 3.66. The Morgan fingerprint density at radius 2 is 2.31 bits per heavy atom. The molecule has 0 spiro atoms. The van der Waals surface area contributed by atoms with Gasteiger partial charge in [-0.1, -0.05) is 0 Å². The number of hydrogen-bond acceptors (Lipinski definition) is 2. The molecule has 0 bridgehead atoms. The lowest BCUT2D eigenvalue weighted by molar-refractivity contribution is 0.537. The first-order valence-electron chi connectivity index (χ1n) is 4.65. The average Bonchev–Trinajstić information content (AvgIpc) is 2.84. The maximum Gasteiger partial charge on any atom is 0.0441 e. The summed E-state index contributed by atoms with van der Waals surface area (Å²) < 4.78 is 1.26. The van der Waals surface area contributed by atoms with Crippen LogP contribution in [0.25, 0.3) is 0 Å². The van der Waals surface area contributed by atoms with Gasteiger partial charge in [-0.25, -0.2) is 0 Å². The van der Waals surface area contributed by atoms with E-state index in [1.807, 2.05) is 11.3 Å². The molecular formula is C10H14BrNS. The van der Waals surface area contributed by atoms with Gasteiger partial charge in [-0.15, -0.1) is 11.3 Å². The molecule has 72 valence electrons. The van der Waals surface area contributed by atoms with Crippen LogP contribution in [0.5, 0.6) is 0 Å². The van der Waals surface area contributed by atoms with Crippen LogP contribution in [-0.4, -0.2) is 7.05 Å². The van der Waals surface area contributed by atoms with Crippen molar-refractivity contribution in [1.29, 1.82) is 0 Å². The Balaban J connectivity index is 2.21. The molecule has 1 aromatic heterocycles. The van der Waals surface area contributed by atoms with Crippen molar-refractivity contribution in [2.24, 2.45) is 5.92 Å². The third-order valence-electron chi connectivity index (χ3n) is 2.59. The predicted molar refractivity (Wildman–Crippen MR) is 61.3 cm³/mol. The largest absolute Gasteiger partial charge is 0.312 e. The lowest BCUT2D eigenvalue weighted by Gasteiger charge is -2.12. The van der Waals surface area contributed by atoms with E-state index in [4.69, 9.17) is 0 Å². The average molecular weight is 260 g/mol. The van der Waals surface area contributed by atoms with Gasteiger partial charge in [0.15, 0.2) is 0 Å². The summed E-state index contributed by atoms with van der Waals surface area (Å²) in [4.78, 5) is 2.87. The fraction of sp³-hybridized carbons (Fsp3) is 0.600. The number of thiophene rings is 1. The zero-order valence-corrected chi connectivity index (χ0v) is 10.3. The fourth-order valence-corrected chi connectivity index (χ4v) is 3.44. The molecule has 0 aliphatic heterocycles. The summed E-state index contributed by atoms with van der Waals surface area (Å²) in [5.74, 6) is 0.884. The van der Waals surface area contributed by atoms with E-state index in [0.717, 1.165) is 5.92 Å². The van der Waals surface area contributed by atoms with Crippen LogP contribution in [0.2, 0.25) is 0 Å². The maximum absolute atomic E-state index is 3.57. The summed E-state index contributed by atoms with van der Waals surface area (Å²) in [6.45, 7) is 2.16. The minimum Gasteiger partial charge on any atom is -0.312 e. The van der Waals surface area contributed by atoms with Gasteiger partial charge in [0.25, 0.3) is 0 Å². The van der Waals surface area contributed by atoms with Crippen LogP contribution >= 0.6 is 27.3 Å². The summed E-state index contributed by atoms with van der Waals surface area (Å²) >= 11 is 5.47. The number of hydrogen-bond donors (Lipinski definition) is 1. The van der Waals surface area contributed by atoms with Crippen LogP contribution in [0.4, 0.5) is 0 Å². The molecule has 1 heterocycles. The second kappa shape index (κ2) is 3.71. The van der Waals surface area contributed by atoms with Gasteiger partial charge in [0, 0.05) is 20.3 Å². The molecule has 1 aromatic rings. The van der Waals surface area contributed by atoms with Gasteiger partial charge in [-0.05, 0) is 54.7 Å². The third-order valence-corrected chi connectivity index (χ3v) is 4.81. The van der Waals surface area contributed by atoms with E-state index in [0.29, 0.717) is 6.04 Å². The number of nitrogens with one attached hydrogen (secondary N) is 1. The molecule has 0 amide bonds. The minimum atomic E-state index is 0.593. The molecule has 1 aliphatic rings. The summed E-state index contributed by atoms with van der Waals surface area (Å²) in [5.41, 5.74) is 0. The number of halogens is 1. The lowest BCUT2D eigenvalue weighted by Crippen LogP contribution is -2.16. The summed E-state index contributed by atoms with van der Waals surface area (Å²) in [5, 5.41) is 3.41. The molecular weight excluding hydrogens is 246 g/mol. The van der Waals surface area contributed by atoms with Crippen molar-refractivity contribution < 1.29 is 0 Å². The van der Waals surface area contributed by atoms with E-state index in [1.54, 1.807) is 0 Å². The molecule has 1 aliphatic carbocycles. The molecule has 1 nitrogen and oxygen atoms in total. The zero-order chi connectivity index (χ0) is 9.42. The molecule has 1 fully saturated rings. The van der Waals surface area contributed by atoms with Crippen LogP contribution in [0, 0.1) is 12.8 Å². The third kappa shape index (κ3) is 1.97. The second-order valence-corrected chi connectivity index (χ2v) is 5.80. The summed E-state index contributed by atoms with van der Waals surface area (Å²) in [6, 6.07) is 2.86. The maximum atomic E-state index is 3.57. The molecule has 13 heavy (non-hydrogen) atoms. The Morgan fingerprint density at radius 3 is 2.69 bits per heavy atom. The Morgan fingerprint density at radius 1 is 1.62 bits per heavy atom. The molecule has 0 radical (unpaired) electrons. The van der Waals surface area contributed by atoms with Gasteiger partial charge in [-0.3, -0.25) is 0 Å². The minimum absolute atomic E-state index is 0.593. The van der Waals surface area contributed by atoms with Gasteiger partial charge >= 0.3 is 0 Å². The molecule has 0 aromatic carbocycles.